The maximum atomic E-state index is 5.28. The lowest BCUT2D eigenvalue weighted by Crippen LogP contribution is -2.36. The molecule has 2 N–H and O–H groups in total. The van der Waals surface area contributed by atoms with Crippen molar-refractivity contribution in [2.24, 2.45) is 4.99 Å². The molecule has 0 aliphatic carbocycles. The number of furan rings is 1. The van der Waals surface area contributed by atoms with Crippen LogP contribution in [0.2, 0.25) is 0 Å². The summed E-state index contributed by atoms with van der Waals surface area (Å²) in [7, 11) is 0. The highest BCUT2D eigenvalue weighted by atomic mass is 16.3. The van der Waals surface area contributed by atoms with Gasteiger partial charge >= 0.3 is 0 Å². The van der Waals surface area contributed by atoms with Crippen LogP contribution < -0.4 is 10.6 Å². The molecule has 2 aromatic rings. The molecule has 0 saturated heterocycles. The van der Waals surface area contributed by atoms with Crippen LogP contribution in [0.25, 0.3) is 0 Å². The minimum absolute atomic E-state index is 0.551. The van der Waals surface area contributed by atoms with E-state index in [1.165, 1.54) is 0 Å². The topological polar surface area (TPSA) is 62.5 Å². The van der Waals surface area contributed by atoms with Crippen LogP contribution >= 0.6 is 0 Å². The molecule has 5 heteroatoms. The van der Waals surface area contributed by atoms with Gasteiger partial charge in [0.15, 0.2) is 5.96 Å². The molecule has 0 aliphatic rings. The minimum Gasteiger partial charge on any atom is -0.467 e. The van der Waals surface area contributed by atoms with E-state index in [9.17, 15) is 0 Å². The van der Waals surface area contributed by atoms with Gasteiger partial charge in [0.2, 0.25) is 0 Å². The third kappa shape index (κ3) is 4.42. The molecule has 0 bridgehead atoms. The quantitative estimate of drug-likeness (QED) is 0.647. The molecule has 2 aromatic heterocycles. The standard InChI is InChI=1S/C15H20N4O/c1-3-16-15(18-11-14-8-5-9-20-14)17-10-13-7-4-6-12(2)19-13/h4-9H,3,10-11H2,1-2H3,(H2,16,17,18). The first-order valence-electron chi connectivity index (χ1n) is 6.75. The molecule has 20 heavy (non-hydrogen) atoms. The summed E-state index contributed by atoms with van der Waals surface area (Å²) < 4.78 is 5.28. The van der Waals surface area contributed by atoms with Crippen LogP contribution in [0.1, 0.15) is 24.1 Å². The van der Waals surface area contributed by atoms with Gasteiger partial charge < -0.3 is 15.1 Å². The van der Waals surface area contributed by atoms with Crippen LogP contribution in [0.15, 0.2) is 46.0 Å². The minimum atomic E-state index is 0.551. The first kappa shape index (κ1) is 14.1. The van der Waals surface area contributed by atoms with Crippen molar-refractivity contribution >= 4 is 5.96 Å². The molecule has 0 fully saturated rings. The van der Waals surface area contributed by atoms with Crippen molar-refractivity contribution in [3.05, 3.63) is 53.7 Å². The average molecular weight is 272 g/mol. The number of hydrogen-bond acceptors (Lipinski definition) is 3. The largest absolute Gasteiger partial charge is 0.467 e. The fourth-order valence-corrected chi connectivity index (χ4v) is 1.77. The van der Waals surface area contributed by atoms with Crippen molar-refractivity contribution in [2.75, 3.05) is 6.54 Å². The molecular formula is C15H20N4O. The molecule has 0 saturated carbocycles. The number of aromatic nitrogens is 1. The number of nitrogens with one attached hydrogen (secondary N) is 2. The van der Waals surface area contributed by atoms with E-state index >= 15 is 0 Å². The van der Waals surface area contributed by atoms with Gasteiger partial charge in [0.1, 0.15) is 5.76 Å². The Balaban J connectivity index is 1.94. The zero-order valence-electron chi connectivity index (χ0n) is 11.9. The lowest BCUT2D eigenvalue weighted by Gasteiger charge is -2.10. The Kier molecular flexibility index (Phi) is 5.17. The Labute approximate surface area is 119 Å². The molecule has 0 atom stereocenters. The first-order chi connectivity index (χ1) is 9.78. The monoisotopic (exact) mass is 272 g/mol. The number of aliphatic imine (C=N–C) groups is 1. The van der Waals surface area contributed by atoms with Crippen molar-refractivity contribution in [1.29, 1.82) is 0 Å². The van der Waals surface area contributed by atoms with Gasteiger partial charge in [-0.05, 0) is 38.1 Å². The normalized spacial score (nSPS) is 11.4. The molecule has 0 aromatic carbocycles. The number of hydrogen-bond donors (Lipinski definition) is 2. The highest BCUT2D eigenvalue weighted by Crippen LogP contribution is 2.01. The van der Waals surface area contributed by atoms with Crippen molar-refractivity contribution in [2.45, 2.75) is 26.9 Å². The smallest absolute Gasteiger partial charge is 0.192 e. The third-order valence-electron chi connectivity index (χ3n) is 2.70. The summed E-state index contributed by atoms with van der Waals surface area (Å²) >= 11 is 0. The summed E-state index contributed by atoms with van der Waals surface area (Å²) in [5.74, 6) is 1.64. The Hall–Kier alpha value is -2.30. The lowest BCUT2D eigenvalue weighted by molar-refractivity contribution is 0.501. The molecular weight excluding hydrogens is 252 g/mol. The number of nitrogens with zero attached hydrogens (tertiary/aromatic N) is 2. The molecule has 2 heterocycles. The first-order valence-corrected chi connectivity index (χ1v) is 6.75. The lowest BCUT2D eigenvalue weighted by atomic mass is 10.3. The van der Waals surface area contributed by atoms with Gasteiger partial charge in [0.05, 0.1) is 25.0 Å². The second-order valence-corrected chi connectivity index (χ2v) is 4.40. The molecule has 0 aliphatic heterocycles. The molecule has 5 nitrogen and oxygen atoms in total. The predicted molar refractivity (Wildman–Crippen MR) is 79.3 cm³/mol. The molecule has 0 unspecified atom stereocenters. The molecule has 0 spiro atoms. The summed E-state index contributed by atoms with van der Waals surface area (Å²) in [6.07, 6.45) is 1.66. The van der Waals surface area contributed by atoms with Crippen LogP contribution in [-0.2, 0) is 13.1 Å². The second-order valence-electron chi connectivity index (χ2n) is 4.40. The maximum Gasteiger partial charge on any atom is 0.192 e. The summed E-state index contributed by atoms with van der Waals surface area (Å²) in [6, 6.07) is 9.76. The summed E-state index contributed by atoms with van der Waals surface area (Å²) in [5, 5.41) is 6.42. The van der Waals surface area contributed by atoms with Crippen molar-refractivity contribution < 1.29 is 4.42 Å². The highest BCUT2D eigenvalue weighted by molar-refractivity contribution is 5.79. The van der Waals surface area contributed by atoms with E-state index in [0.717, 1.165) is 29.7 Å². The molecule has 0 radical (unpaired) electrons. The zero-order chi connectivity index (χ0) is 14.2. The Morgan fingerprint density at radius 1 is 1.25 bits per heavy atom. The zero-order valence-corrected chi connectivity index (χ0v) is 11.9. The Bertz CT molecular complexity index is 549. The van der Waals surface area contributed by atoms with Crippen molar-refractivity contribution in [3.8, 4) is 0 Å². The third-order valence-corrected chi connectivity index (χ3v) is 2.70. The van der Waals surface area contributed by atoms with Crippen molar-refractivity contribution in [3.63, 3.8) is 0 Å². The van der Waals surface area contributed by atoms with Gasteiger partial charge in [0.25, 0.3) is 0 Å². The number of rotatable bonds is 5. The van der Waals surface area contributed by atoms with E-state index < -0.39 is 0 Å². The van der Waals surface area contributed by atoms with Crippen LogP contribution in [-0.4, -0.2) is 17.5 Å². The summed E-state index contributed by atoms with van der Waals surface area (Å²) in [5.41, 5.74) is 1.96. The van der Waals surface area contributed by atoms with Gasteiger partial charge in [0, 0.05) is 12.2 Å². The summed E-state index contributed by atoms with van der Waals surface area (Å²) in [4.78, 5) is 8.95. The SMILES string of the molecule is CCNC(=NCc1cccc(C)n1)NCc1ccco1. The van der Waals surface area contributed by atoms with Crippen molar-refractivity contribution in [1.82, 2.24) is 15.6 Å². The summed E-state index contributed by atoms with van der Waals surface area (Å²) in [6.45, 7) is 5.99. The van der Waals surface area contributed by atoms with E-state index in [4.69, 9.17) is 4.42 Å². The molecule has 0 amide bonds. The van der Waals surface area contributed by atoms with E-state index in [1.54, 1.807) is 6.26 Å². The van der Waals surface area contributed by atoms with E-state index in [2.05, 4.69) is 20.6 Å². The molecule has 2 rings (SSSR count). The van der Waals surface area contributed by atoms with Gasteiger partial charge in [-0.3, -0.25) is 4.98 Å². The Morgan fingerprint density at radius 2 is 2.15 bits per heavy atom. The fourth-order valence-electron chi connectivity index (χ4n) is 1.77. The van der Waals surface area contributed by atoms with Crippen LogP contribution in [0.3, 0.4) is 0 Å². The van der Waals surface area contributed by atoms with Gasteiger partial charge in [-0.1, -0.05) is 6.07 Å². The fraction of sp³-hybridized carbons (Fsp3) is 0.333. The highest BCUT2D eigenvalue weighted by Gasteiger charge is 2.00. The number of aryl methyl sites for hydroxylation is 1. The maximum absolute atomic E-state index is 5.28. The predicted octanol–water partition coefficient (Wildman–Crippen LogP) is 2.24. The number of guanidine groups is 1. The molecule has 106 valence electrons. The van der Waals surface area contributed by atoms with Crippen LogP contribution in [0.5, 0.6) is 0 Å². The van der Waals surface area contributed by atoms with Crippen LogP contribution in [0, 0.1) is 6.92 Å². The number of pyridine rings is 1. The van der Waals surface area contributed by atoms with E-state index in [0.29, 0.717) is 13.1 Å². The van der Waals surface area contributed by atoms with E-state index in [-0.39, 0.29) is 0 Å². The average Bonchev–Trinajstić information content (AvgIpc) is 2.95. The van der Waals surface area contributed by atoms with Crippen LogP contribution in [0.4, 0.5) is 0 Å². The van der Waals surface area contributed by atoms with Gasteiger partial charge in [-0.15, -0.1) is 0 Å². The Morgan fingerprint density at radius 3 is 2.85 bits per heavy atom. The van der Waals surface area contributed by atoms with Gasteiger partial charge in [-0.2, -0.15) is 0 Å². The second kappa shape index (κ2) is 7.33. The van der Waals surface area contributed by atoms with Gasteiger partial charge in [-0.25, -0.2) is 4.99 Å². The van der Waals surface area contributed by atoms with E-state index in [1.807, 2.05) is 44.2 Å².